The second-order valence-electron chi connectivity index (χ2n) is 3.75. The maximum atomic E-state index is 11.7. The maximum Gasteiger partial charge on any atom is 0.163 e. The van der Waals surface area contributed by atoms with Crippen LogP contribution in [-0.4, -0.2) is 5.78 Å². The molecule has 17 heavy (non-hydrogen) atoms. The van der Waals surface area contributed by atoms with Crippen LogP contribution in [-0.2, 0) is 0 Å². The Kier molecular flexibility index (Phi) is 3.92. The summed E-state index contributed by atoms with van der Waals surface area (Å²) in [5.74, 6) is 0.992. The van der Waals surface area contributed by atoms with E-state index < -0.39 is 0 Å². The first kappa shape index (κ1) is 11.4. The Morgan fingerprint density at radius 2 is 1.94 bits per heavy atom. The van der Waals surface area contributed by atoms with Crippen molar-refractivity contribution in [2.45, 2.75) is 12.8 Å². The van der Waals surface area contributed by atoms with E-state index in [1.165, 1.54) is 0 Å². The fourth-order valence-corrected chi connectivity index (χ4v) is 1.57. The van der Waals surface area contributed by atoms with Crippen molar-refractivity contribution in [3.8, 4) is 0 Å². The van der Waals surface area contributed by atoms with Crippen LogP contribution in [0.3, 0.4) is 0 Å². The number of rotatable bonds is 5. The van der Waals surface area contributed by atoms with Crippen LogP contribution in [0, 0.1) is 0 Å². The Morgan fingerprint density at radius 3 is 2.65 bits per heavy atom. The summed E-state index contributed by atoms with van der Waals surface area (Å²) in [5.41, 5.74) is 0.777. The lowest BCUT2D eigenvalue weighted by Gasteiger charge is -1.97. The number of carbonyl (C=O) groups excluding carboxylic acids is 1. The molecule has 0 bridgehead atoms. The lowest BCUT2D eigenvalue weighted by molar-refractivity contribution is 0.0983. The molecule has 86 valence electrons. The number of ketones is 1. The van der Waals surface area contributed by atoms with Crippen molar-refractivity contribution in [2.24, 2.45) is 0 Å². The minimum absolute atomic E-state index is 0.176. The number of carbonyl (C=O) groups is 1. The molecular weight excluding hydrogens is 212 g/mol. The Balaban J connectivity index is 1.81. The molecule has 2 nitrogen and oxygen atoms in total. The summed E-state index contributed by atoms with van der Waals surface area (Å²) in [4.78, 5) is 11.7. The van der Waals surface area contributed by atoms with E-state index in [4.69, 9.17) is 4.42 Å². The third kappa shape index (κ3) is 3.45. The zero-order valence-corrected chi connectivity index (χ0v) is 9.50. The quantitative estimate of drug-likeness (QED) is 0.722. The highest BCUT2D eigenvalue weighted by atomic mass is 16.3. The molecule has 2 heteroatoms. The van der Waals surface area contributed by atoms with Crippen molar-refractivity contribution in [3.63, 3.8) is 0 Å². The number of furan rings is 1. The van der Waals surface area contributed by atoms with Gasteiger partial charge in [-0.05, 0) is 24.6 Å². The standard InChI is InChI=1S/C15H14O2/c16-15(13-7-2-1-3-8-13)11-5-4-9-14-10-6-12-17-14/h1-4,6-10,12H,5,11H2/b9-4-. The highest BCUT2D eigenvalue weighted by molar-refractivity contribution is 5.96. The van der Waals surface area contributed by atoms with Gasteiger partial charge in [0.15, 0.2) is 5.78 Å². The summed E-state index contributed by atoms with van der Waals surface area (Å²) in [5, 5.41) is 0. The van der Waals surface area contributed by atoms with E-state index in [1.807, 2.05) is 54.6 Å². The van der Waals surface area contributed by atoms with Crippen molar-refractivity contribution in [1.29, 1.82) is 0 Å². The SMILES string of the molecule is O=C(CC/C=C\c1ccco1)c1ccccc1. The average molecular weight is 226 g/mol. The predicted octanol–water partition coefficient (Wildman–Crippen LogP) is 3.96. The van der Waals surface area contributed by atoms with Crippen LogP contribution < -0.4 is 0 Å². The molecular formula is C15H14O2. The predicted molar refractivity (Wildman–Crippen MR) is 67.7 cm³/mol. The molecule has 1 heterocycles. The number of Topliss-reactive ketones (excluding diaryl/α,β-unsaturated/α-hetero) is 1. The number of hydrogen-bond donors (Lipinski definition) is 0. The van der Waals surface area contributed by atoms with E-state index in [0.29, 0.717) is 6.42 Å². The second-order valence-corrected chi connectivity index (χ2v) is 3.75. The zero-order valence-electron chi connectivity index (χ0n) is 9.50. The molecule has 0 unspecified atom stereocenters. The van der Waals surface area contributed by atoms with Crippen LogP contribution in [0.15, 0.2) is 59.2 Å². The summed E-state index contributed by atoms with van der Waals surface area (Å²) < 4.78 is 5.15. The molecule has 0 aliphatic heterocycles. The van der Waals surface area contributed by atoms with Crippen molar-refractivity contribution < 1.29 is 9.21 Å². The van der Waals surface area contributed by atoms with Gasteiger partial charge < -0.3 is 4.42 Å². The number of allylic oxidation sites excluding steroid dienone is 1. The van der Waals surface area contributed by atoms with Crippen LogP contribution in [0.1, 0.15) is 29.0 Å². The fourth-order valence-electron chi connectivity index (χ4n) is 1.57. The molecule has 0 fully saturated rings. The molecule has 0 amide bonds. The third-order valence-corrected chi connectivity index (χ3v) is 2.46. The first-order valence-corrected chi connectivity index (χ1v) is 5.64. The van der Waals surface area contributed by atoms with Gasteiger partial charge in [0.05, 0.1) is 6.26 Å². The van der Waals surface area contributed by atoms with E-state index in [2.05, 4.69) is 0 Å². The third-order valence-electron chi connectivity index (χ3n) is 2.46. The Labute approximate surface area is 101 Å². The molecule has 1 aromatic heterocycles. The Hall–Kier alpha value is -2.09. The molecule has 0 atom stereocenters. The molecule has 0 spiro atoms. The normalized spacial score (nSPS) is 10.8. The summed E-state index contributed by atoms with van der Waals surface area (Å²) in [6.07, 6.45) is 6.74. The molecule has 1 aromatic carbocycles. The summed E-state index contributed by atoms with van der Waals surface area (Å²) in [6.45, 7) is 0. The molecule has 0 saturated heterocycles. The number of hydrogen-bond acceptors (Lipinski definition) is 2. The lowest BCUT2D eigenvalue weighted by Crippen LogP contribution is -1.96. The van der Waals surface area contributed by atoms with E-state index in [1.54, 1.807) is 6.26 Å². The molecule has 0 radical (unpaired) electrons. The Bertz CT molecular complexity index is 481. The topological polar surface area (TPSA) is 30.2 Å². The molecule has 0 aliphatic rings. The van der Waals surface area contributed by atoms with Crippen LogP contribution in [0.2, 0.25) is 0 Å². The van der Waals surface area contributed by atoms with Crippen molar-refractivity contribution >= 4 is 11.9 Å². The molecule has 0 N–H and O–H groups in total. The van der Waals surface area contributed by atoms with Gasteiger partial charge in [-0.1, -0.05) is 36.4 Å². The van der Waals surface area contributed by atoms with Crippen molar-refractivity contribution in [1.82, 2.24) is 0 Å². The zero-order chi connectivity index (χ0) is 11.9. The minimum Gasteiger partial charge on any atom is -0.465 e. The van der Waals surface area contributed by atoms with Gasteiger partial charge in [0.25, 0.3) is 0 Å². The molecule has 2 rings (SSSR count). The van der Waals surface area contributed by atoms with E-state index in [9.17, 15) is 4.79 Å². The van der Waals surface area contributed by atoms with Crippen molar-refractivity contribution in [3.05, 3.63) is 66.1 Å². The van der Waals surface area contributed by atoms with Gasteiger partial charge in [0, 0.05) is 12.0 Å². The van der Waals surface area contributed by atoms with E-state index in [-0.39, 0.29) is 5.78 Å². The maximum absolute atomic E-state index is 11.7. The first-order valence-electron chi connectivity index (χ1n) is 5.64. The molecule has 2 aromatic rings. The first-order chi connectivity index (χ1) is 8.36. The average Bonchev–Trinajstić information content (AvgIpc) is 2.88. The highest BCUT2D eigenvalue weighted by Gasteiger charge is 2.02. The van der Waals surface area contributed by atoms with Crippen LogP contribution >= 0.6 is 0 Å². The largest absolute Gasteiger partial charge is 0.465 e. The van der Waals surface area contributed by atoms with Gasteiger partial charge in [0.1, 0.15) is 5.76 Å². The molecule has 0 aliphatic carbocycles. The summed E-state index contributed by atoms with van der Waals surface area (Å²) in [6, 6.07) is 13.1. The van der Waals surface area contributed by atoms with Crippen LogP contribution in [0.5, 0.6) is 0 Å². The second kappa shape index (κ2) is 5.85. The van der Waals surface area contributed by atoms with Crippen LogP contribution in [0.4, 0.5) is 0 Å². The summed E-state index contributed by atoms with van der Waals surface area (Å²) >= 11 is 0. The fraction of sp³-hybridized carbons (Fsp3) is 0.133. The van der Waals surface area contributed by atoms with Gasteiger partial charge in [-0.3, -0.25) is 4.79 Å². The Morgan fingerprint density at radius 1 is 1.12 bits per heavy atom. The van der Waals surface area contributed by atoms with Gasteiger partial charge >= 0.3 is 0 Å². The van der Waals surface area contributed by atoms with Gasteiger partial charge in [0.2, 0.25) is 0 Å². The number of benzene rings is 1. The monoisotopic (exact) mass is 226 g/mol. The van der Waals surface area contributed by atoms with Gasteiger partial charge in [-0.15, -0.1) is 0 Å². The van der Waals surface area contributed by atoms with Crippen molar-refractivity contribution in [2.75, 3.05) is 0 Å². The van der Waals surface area contributed by atoms with E-state index in [0.717, 1.165) is 17.7 Å². The smallest absolute Gasteiger partial charge is 0.163 e. The minimum atomic E-state index is 0.176. The summed E-state index contributed by atoms with van der Waals surface area (Å²) in [7, 11) is 0. The molecule has 0 saturated carbocycles. The highest BCUT2D eigenvalue weighted by Crippen LogP contribution is 2.07. The van der Waals surface area contributed by atoms with Gasteiger partial charge in [-0.2, -0.15) is 0 Å². The lowest BCUT2D eigenvalue weighted by atomic mass is 10.1. The van der Waals surface area contributed by atoms with E-state index >= 15 is 0 Å². The van der Waals surface area contributed by atoms with Gasteiger partial charge in [-0.25, -0.2) is 0 Å². The van der Waals surface area contributed by atoms with Crippen LogP contribution in [0.25, 0.3) is 6.08 Å².